The van der Waals surface area contributed by atoms with Crippen molar-refractivity contribution in [3.63, 3.8) is 0 Å². The number of rotatable bonds is 2. The molecule has 0 aliphatic carbocycles. The van der Waals surface area contributed by atoms with E-state index in [0.29, 0.717) is 11.4 Å². The fourth-order valence-corrected chi connectivity index (χ4v) is 0.818. The van der Waals surface area contributed by atoms with Crippen LogP contribution in [0.3, 0.4) is 0 Å². The van der Waals surface area contributed by atoms with E-state index in [9.17, 15) is 9.90 Å². The molecule has 0 aliphatic rings. The highest BCUT2D eigenvalue weighted by Gasteiger charge is 2.01. The van der Waals surface area contributed by atoms with Gasteiger partial charge in [-0.05, 0) is 19.1 Å². The van der Waals surface area contributed by atoms with E-state index >= 15 is 0 Å². The predicted octanol–water partition coefficient (Wildman–Crippen LogP) is 2.07. The van der Waals surface area contributed by atoms with Crippen LogP contribution in [0.15, 0.2) is 29.3 Å². The number of ketones is 1. The fourth-order valence-electron chi connectivity index (χ4n) is 0.818. The maximum Gasteiger partial charge on any atom is 0.173 e. The normalized spacial score (nSPS) is 11.4. The van der Waals surface area contributed by atoms with Gasteiger partial charge >= 0.3 is 0 Å². The zero-order valence-corrected chi connectivity index (χ0v) is 7.61. The Hall–Kier alpha value is -1.64. The van der Waals surface area contributed by atoms with Crippen LogP contribution in [-0.4, -0.2) is 16.6 Å². The number of phenols is 1. The lowest BCUT2D eigenvalue weighted by Gasteiger charge is -1.98. The fraction of sp³-hybridized carbons (Fsp3) is 0.200. The predicted molar refractivity (Wildman–Crippen MR) is 51.6 cm³/mol. The van der Waals surface area contributed by atoms with Gasteiger partial charge in [-0.3, -0.25) is 4.79 Å². The second-order valence-corrected chi connectivity index (χ2v) is 2.74. The zero-order valence-electron chi connectivity index (χ0n) is 7.61. The minimum atomic E-state index is -0.0942. The van der Waals surface area contributed by atoms with Gasteiger partial charge in [0.1, 0.15) is 11.4 Å². The molecule has 0 spiro atoms. The van der Waals surface area contributed by atoms with Crippen LogP contribution in [0.2, 0.25) is 0 Å². The van der Waals surface area contributed by atoms with Gasteiger partial charge in [-0.15, -0.1) is 0 Å². The minimum Gasteiger partial charge on any atom is -0.506 e. The topological polar surface area (TPSA) is 49.7 Å². The molecule has 13 heavy (non-hydrogen) atoms. The number of aliphatic imine (C=N–C) groups is 1. The number of nitrogens with zero attached hydrogens (tertiary/aromatic N) is 1. The Bertz CT molecular complexity index is 356. The quantitative estimate of drug-likeness (QED) is 0.703. The number of phenolic OH excluding ortho intramolecular Hbond substituents is 1. The Morgan fingerprint density at radius 3 is 2.46 bits per heavy atom. The van der Waals surface area contributed by atoms with Crippen molar-refractivity contribution in [3.05, 3.63) is 24.3 Å². The van der Waals surface area contributed by atoms with Gasteiger partial charge in [0.15, 0.2) is 5.78 Å². The lowest BCUT2D eigenvalue weighted by Crippen LogP contribution is -2.03. The molecular formula is C10H11NO2. The molecule has 68 valence electrons. The van der Waals surface area contributed by atoms with E-state index in [4.69, 9.17) is 0 Å². The van der Waals surface area contributed by atoms with Gasteiger partial charge in [-0.25, -0.2) is 4.99 Å². The Morgan fingerprint density at radius 1 is 1.31 bits per heavy atom. The zero-order chi connectivity index (χ0) is 9.84. The van der Waals surface area contributed by atoms with Crippen LogP contribution >= 0.6 is 0 Å². The molecule has 0 bridgehead atoms. The molecule has 0 saturated carbocycles. The van der Waals surface area contributed by atoms with Crippen LogP contribution in [0.25, 0.3) is 0 Å². The molecule has 1 rings (SSSR count). The number of carbonyl (C=O) groups excluding carboxylic acids is 1. The Kier molecular flexibility index (Phi) is 2.80. The van der Waals surface area contributed by atoms with E-state index in [-0.39, 0.29) is 11.5 Å². The molecule has 3 heteroatoms. The van der Waals surface area contributed by atoms with E-state index in [1.54, 1.807) is 25.1 Å². The summed E-state index contributed by atoms with van der Waals surface area (Å²) in [6.45, 7) is 3.06. The Morgan fingerprint density at radius 2 is 1.92 bits per heavy atom. The molecule has 0 amide bonds. The highest BCUT2D eigenvalue weighted by atomic mass is 16.3. The first kappa shape index (κ1) is 9.45. The largest absolute Gasteiger partial charge is 0.506 e. The van der Waals surface area contributed by atoms with Crippen LogP contribution in [0.1, 0.15) is 13.8 Å². The van der Waals surface area contributed by atoms with Crippen LogP contribution in [0, 0.1) is 0 Å². The molecule has 0 radical (unpaired) electrons. The number of carbonyl (C=O) groups is 1. The Labute approximate surface area is 76.7 Å². The van der Waals surface area contributed by atoms with Gasteiger partial charge in [0.25, 0.3) is 0 Å². The summed E-state index contributed by atoms with van der Waals surface area (Å²) in [6.07, 6.45) is 0. The molecule has 0 unspecified atom stereocenters. The average Bonchev–Trinajstić information content (AvgIpc) is 2.08. The molecule has 1 aromatic rings. The van der Waals surface area contributed by atoms with Crippen LogP contribution in [-0.2, 0) is 4.79 Å². The molecule has 3 nitrogen and oxygen atoms in total. The first-order chi connectivity index (χ1) is 6.11. The third-order valence-electron chi connectivity index (χ3n) is 1.68. The first-order valence-electron chi connectivity index (χ1n) is 3.95. The van der Waals surface area contributed by atoms with Crippen LogP contribution < -0.4 is 0 Å². The van der Waals surface area contributed by atoms with Crippen molar-refractivity contribution in [2.45, 2.75) is 13.8 Å². The van der Waals surface area contributed by atoms with Gasteiger partial charge < -0.3 is 5.11 Å². The molecule has 0 saturated heterocycles. The van der Waals surface area contributed by atoms with Crippen molar-refractivity contribution in [3.8, 4) is 5.75 Å². The second-order valence-electron chi connectivity index (χ2n) is 2.74. The van der Waals surface area contributed by atoms with E-state index in [2.05, 4.69) is 4.99 Å². The summed E-state index contributed by atoms with van der Waals surface area (Å²) >= 11 is 0. The van der Waals surface area contributed by atoms with Gasteiger partial charge in [0.05, 0.1) is 5.71 Å². The van der Waals surface area contributed by atoms with Crippen molar-refractivity contribution in [2.24, 2.45) is 4.99 Å². The molecule has 1 aromatic carbocycles. The summed E-state index contributed by atoms with van der Waals surface area (Å²) in [6, 6.07) is 6.65. The molecule has 0 fully saturated rings. The van der Waals surface area contributed by atoms with Crippen molar-refractivity contribution >= 4 is 17.2 Å². The highest BCUT2D eigenvalue weighted by molar-refractivity contribution is 6.38. The van der Waals surface area contributed by atoms with Crippen molar-refractivity contribution in [1.82, 2.24) is 0 Å². The lowest BCUT2D eigenvalue weighted by molar-refractivity contribution is -0.111. The average molecular weight is 177 g/mol. The number of aromatic hydroxyl groups is 1. The van der Waals surface area contributed by atoms with E-state index in [1.807, 2.05) is 0 Å². The van der Waals surface area contributed by atoms with Crippen LogP contribution in [0.4, 0.5) is 5.69 Å². The van der Waals surface area contributed by atoms with Gasteiger partial charge in [-0.2, -0.15) is 0 Å². The summed E-state index contributed by atoms with van der Waals surface area (Å²) in [4.78, 5) is 14.8. The molecule has 0 aliphatic heterocycles. The first-order valence-corrected chi connectivity index (χ1v) is 3.95. The van der Waals surface area contributed by atoms with Crippen molar-refractivity contribution < 1.29 is 9.90 Å². The molecule has 1 N–H and O–H groups in total. The maximum atomic E-state index is 10.8. The maximum absolute atomic E-state index is 10.8. The molecule has 0 aromatic heterocycles. The smallest absolute Gasteiger partial charge is 0.173 e. The van der Waals surface area contributed by atoms with E-state index < -0.39 is 0 Å². The third kappa shape index (κ3) is 2.40. The Balaban J connectivity index is 3.04. The van der Waals surface area contributed by atoms with Crippen molar-refractivity contribution in [2.75, 3.05) is 0 Å². The summed E-state index contributed by atoms with van der Waals surface area (Å²) in [5, 5.41) is 9.32. The van der Waals surface area contributed by atoms with E-state index in [1.165, 1.54) is 13.0 Å². The number of para-hydroxylation sites is 2. The minimum absolute atomic E-state index is 0.0862. The monoisotopic (exact) mass is 177 g/mol. The summed E-state index contributed by atoms with van der Waals surface area (Å²) in [7, 11) is 0. The summed E-state index contributed by atoms with van der Waals surface area (Å²) < 4.78 is 0. The van der Waals surface area contributed by atoms with Gasteiger partial charge in [0.2, 0.25) is 0 Å². The number of benzene rings is 1. The molecule has 0 atom stereocenters. The second kappa shape index (κ2) is 3.85. The van der Waals surface area contributed by atoms with Crippen molar-refractivity contribution in [1.29, 1.82) is 0 Å². The summed E-state index contributed by atoms with van der Waals surface area (Å²) in [5.41, 5.74) is 0.816. The highest BCUT2D eigenvalue weighted by Crippen LogP contribution is 2.24. The summed E-state index contributed by atoms with van der Waals surface area (Å²) in [5.74, 6) is -0.00801. The number of Topliss-reactive ketones (excluding diaryl/α,β-unsaturated/α-hetero) is 1. The van der Waals surface area contributed by atoms with Gasteiger partial charge in [-0.1, -0.05) is 12.1 Å². The number of hydrogen-bond acceptors (Lipinski definition) is 3. The number of hydrogen-bond donors (Lipinski definition) is 1. The standard InChI is InChI=1S/C10H11NO2/c1-7(8(2)12)11-9-5-3-4-6-10(9)13/h3-6,13H,1-2H3. The lowest BCUT2D eigenvalue weighted by atomic mass is 10.2. The SMILES string of the molecule is CC(=O)C(C)=Nc1ccccc1O. The molecular weight excluding hydrogens is 166 g/mol. The van der Waals surface area contributed by atoms with E-state index in [0.717, 1.165) is 0 Å². The van der Waals surface area contributed by atoms with Crippen LogP contribution in [0.5, 0.6) is 5.75 Å². The van der Waals surface area contributed by atoms with Gasteiger partial charge in [0, 0.05) is 6.92 Å². The third-order valence-corrected chi connectivity index (χ3v) is 1.68. The molecule has 0 heterocycles.